The van der Waals surface area contributed by atoms with Crippen molar-refractivity contribution in [2.75, 3.05) is 0 Å². The lowest BCUT2D eigenvalue weighted by atomic mass is 10.1. The fourth-order valence-electron chi connectivity index (χ4n) is 4.19. The zero-order valence-electron chi connectivity index (χ0n) is 13.9. The van der Waals surface area contributed by atoms with Gasteiger partial charge in [0.1, 0.15) is 0 Å². The van der Waals surface area contributed by atoms with Gasteiger partial charge in [-0.2, -0.15) is 0 Å². The Morgan fingerprint density at radius 1 is 0.900 bits per heavy atom. The zero-order valence-corrected chi connectivity index (χ0v) is 14.9. The Labute approximate surface area is 125 Å². The Morgan fingerprint density at radius 3 is 1.65 bits per heavy atom. The molecule has 2 heteroatoms. The van der Waals surface area contributed by atoms with Crippen LogP contribution in [-0.4, -0.2) is 13.2 Å². The van der Waals surface area contributed by atoms with Crippen LogP contribution in [0.25, 0.3) is 0 Å². The summed E-state index contributed by atoms with van der Waals surface area (Å²) in [6, 6.07) is 9.94. The summed E-state index contributed by atoms with van der Waals surface area (Å²) in [5.41, 5.74) is 2.70. The van der Waals surface area contributed by atoms with E-state index in [0.29, 0.717) is 16.6 Å². The third-order valence-electron chi connectivity index (χ3n) is 4.87. The second kappa shape index (κ2) is 6.73. The van der Waals surface area contributed by atoms with Crippen LogP contribution < -0.4 is 0 Å². The molecule has 0 aliphatic heterocycles. The third kappa shape index (κ3) is 2.91. The van der Waals surface area contributed by atoms with E-state index in [1.165, 1.54) is 0 Å². The number of aliphatic hydroxyl groups is 1. The molecule has 0 fully saturated rings. The number of hydrogen-bond acceptors (Lipinski definition) is 1. The van der Waals surface area contributed by atoms with Gasteiger partial charge >= 0.3 is 0 Å². The van der Waals surface area contributed by atoms with E-state index in [-0.39, 0.29) is 0 Å². The summed E-state index contributed by atoms with van der Waals surface area (Å²) in [5.74, 6) is 0. The summed E-state index contributed by atoms with van der Waals surface area (Å²) >= 11 is 0. The van der Waals surface area contributed by atoms with Crippen LogP contribution in [0.2, 0.25) is 16.6 Å². The average molecular weight is 291 g/mol. The number of aliphatic hydroxyl groups excluding tert-OH is 1. The van der Waals surface area contributed by atoms with E-state index in [2.05, 4.69) is 48.1 Å². The van der Waals surface area contributed by atoms with Gasteiger partial charge in [0.25, 0.3) is 0 Å². The quantitative estimate of drug-likeness (QED) is 0.686. The molecule has 0 heterocycles. The second-order valence-electron chi connectivity index (χ2n) is 6.74. The van der Waals surface area contributed by atoms with Crippen molar-refractivity contribution in [2.45, 2.75) is 64.3 Å². The minimum atomic E-state index is -1.82. The molecule has 20 heavy (non-hydrogen) atoms. The lowest BCUT2D eigenvalue weighted by molar-refractivity contribution is 0.221. The minimum absolute atomic E-state index is 0.532. The Morgan fingerprint density at radius 2 is 1.30 bits per heavy atom. The highest BCUT2D eigenvalue weighted by Crippen LogP contribution is 2.49. The molecule has 0 spiro atoms. The first-order valence-electron chi connectivity index (χ1n) is 7.68. The Balaban J connectivity index is 3.25. The molecule has 1 atom stereocenters. The van der Waals surface area contributed by atoms with Crippen molar-refractivity contribution in [1.29, 1.82) is 0 Å². The topological polar surface area (TPSA) is 20.2 Å². The molecule has 0 saturated heterocycles. The first-order chi connectivity index (χ1) is 9.26. The Kier molecular flexibility index (Phi) is 5.78. The predicted molar refractivity (Wildman–Crippen MR) is 91.6 cm³/mol. The van der Waals surface area contributed by atoms with Crippen molar-refractivity contribution in [3.8, 4) is 0 Å². The van der Waals surface area contributed by atoms with Crippen molar-refractivity contribution in [1.82, 2.24) is 0 Å². The van der Waals surface area contributed by atoms with E-state index in [1.807, 2.05) is 30.3 Å². The van der Waals surface area contributed by atoms with E-state index < -0.39 is 14.2 Å². The fraction of sp³-hybridized carbons (Fsp3) is 0.556. The van der Waals surface area contributed by atoms with E-state index >= 15 is 0 Å². The molecule has 1 aromatic rings. The van der Waals surface area contributed by atoms with Gasteiger partial charge in [-0.05, 0) is 22.2 Å². The molecular weight excluding hydrogens is 260 g/mol. The largest absolute Gasteiger partial charge is 0.384 e. The van der Waals surface area contributed by atoms with Crippen LogP contribution in [0.4, 0.5) is 0 Å². The molecule has 1 unspecified atom stereocenters. The molecule has 1 N–H and O–H groups in total. The molecule has 0 aliphatic carbocycles. The van der Waals surface area contributed by atoms with Crippen molar-refractivity contribution >= 4 is 8.07 Å². The highest BCUT2D eigenvalue weighted by atomic mass is 28.3. The van der Waals surface area contributed by atoms with Gasteiger partial charge in [-0.25, -0.2) is 0 Å². The smallest absolute Gasteiger partial charge is 0.0964 e. The van der Waals surface area contributed by atoms with E-state index in [1.54, 1.807) is 0 Å². The standard InChI is InChI=1S/C18H30OSi/c1-13(2)20(14(3)4,15(5)6)16(7)18(19)17-11-9-8-10-12-17/h8-15,18-19H,7H2,1-6H3. The molecular formula is C18H30OSi. The molecule has 0 bridgehead atoms. The van der Waals surface area contributed by atoms with Crippen molar-refractivity contribution in [3.05, 3.63) is 47.7 Å². The lowest BCUT2D eigenvalue weighted by Gasteiger charge is -2.46. The van der Waals surface area contributed by atoms with Crippen molar-refractivity contribution < 1.29 is 5.11 Å². The SMILES string of the molecule is C=C(C(O)c1ccccc1)[Si](C(C)C)(C(C)C)C(C)C. The average Bonchev–Trinajstić information content (AvgIpc) is 2.38. The fourth-order valence-corrected chi connectivity index (χ4v) is 11.1. The van der Waals surface area contributed by atoms with Crippen LogP contribution in [0.3, 0.4) is 0 Å². The van der Waals surface area contributed by atoms with E-state index in [0.717, 1.165) is 10.8 Å². The second-order valence-corrected chi connectivity index (χ2v) is 12.7. The van der Waals surface area contributed by atoms with Gasteiger partial charge in [0.2, 0.25) is 0 Å². The maximum Gasteiger partial charge on any atom is 0.0964 e. The lowest BCUT2D eigenvalue weighted by Crippen LogP contribution is -2.48. The number of rotatable bonds is 6. The van der Waals surface area contributed by atoms with Crippen molar-refractivity contribution in [2.24, 2.45) is 0 Å². The van der Waals surface area contributed by atoms with Crippen molar-refractivity contribution in [3.63, 3.8) is 0 Å². The normalized spacial score (nSPS) is 14.1. The van der Waals surface area contributed by atoms with Gasteiger partial charge in [0.15, 0.2) is 0 Å². The Hall–Kier alpha value is -0.863. The summed E-state index contributed by atoms with van der Waals surface area (Å²) in [6.45, 7) is 18.2. The third-order valence-corrected chi connectivity index (χ3v) is 12.0. The summed E-state index contributed by atoms with van der Waals surface area (Å²) in [5, 5.41) is 11.9. The number of benzene rings is 1. The predicted octanol–water partition coefficient (Wildman–Crippen LogP) is 5.49. The molecule has 0 aromatic heterocycles. The van der Waals surface area contributed by atoms with Crippen LogP contribution in [-0.2, 0) is 0 Å². The van der Waals surface area contributed by atoms with Gasteiger partial charge in [-0.15, -0.1) is 6.58 Å². The highest BCUT2D eigenvalue weighted by molar-refractivity contribution is 6.89. The van der Waals surface area contributed by atoms with Gasteiger partial charge < -0.3 is 5.11 Å². The zero-order chi connectivity index (χ0) is 15.5. The first-order valence-corrected chi connectivity index (χ1v) is 9.91. The summed E-state index contributed by atoms with van der Waals surface area (Å²) in [7, 11) is -1.82. The molecule has 0 saturated carbocycles. The summed E-state index contributed by atoms with van der Waals surface area (Å²) in [6.07, 6.45) is -0.532. The minimum Gasteiger partial charge on any atom is -0.384 e. The molecule has 0 amide bonds. The number of hydrogen-bond donors (Lipinski definition) is 1. The first kappa shape index (κ1) is 17.2. The van der Waals surface area contributed by atoms with Crippen LogP contribution in [0, 0.1) is 0 Å². The molecule has 1 rings (SSSR count). The van der Waals surface area contributed by atoms with Crippen LogP contribution in [0.5, 0.6) is 0 Å². The molecule has 0 radical (unpaired) electrons. The van der Waals surface area contributed by atoms with E-state index in [9.17, 15) is 5.11 Å². The molecule has 0 aliphatic rings. The Bertz CT molecular complexity index is 412. The van der Waals surface area contributed by atoms with Crippen LogP contribution in [0.15, 0.2) is 42.1 Å². The molecule has 112 valence electrons. The van der Waals surface area contributed by atoms with Gasteiger partial charge in [-0.1, -0.05) is 77.1 Å². The van der Waals surface area contributed by atoms with Gasteiger partial charge in [0.05, 0.1) is 14.2 Å². The molecule has 1 aromatic carbocycles. The summed E-state index contributed by atoms with van der Waals surface area (Å²) in [4.78, 5) is 0. The van der Waals surface area contributed by atoms with Gasteiger partial charge in [0, 0.05) is 0 Å². The van der Waals surface area contributed by atoms with E-state index in [4.69, 9.17) is 0 Å². The van der Waals surface area contributed by atoms with Crippen LogP contribution in [0.1, 0.15) is 53.2 Å². The van der Waals surface area contributed by atoms with Crippen LogP contribution >= 0.6 is 0 Å². The monoisotopic (exact) mass is 290 g/mol. The molecule has 1 nitrogen and oxygen atoms in total. The maximum absolute atomic E-state index is 10.8. The maximum atomic E-state index is 10.8. The summed E-state index contributed by atoms with van der Waals surface area (Å²) < 4.78 is 0. The van der Waals surface area contributed by atoms with Gasteiger partial charge in [-0.3, -0.25) is 0 Å². The highest BCUT2D eigenvalue weighted by Gasteiger charge is 2.47.